The van der Waals surface area contributed by atoms with Gasteiger partial charge >= 0.3 is 0 Å². The third kappa shape index (κ3) is 7.08. The van der Waals surface area contributed by atoms with Crippen LogP contribution in [0.15, 0.2) is 11.3 Å². The molecule has 2 heterocycles. The van der Waals surface area contributed by atoms with Crippen LogP contribution in [0.25, 0.3) is 0 Å². The van der Waals surface area contributed by atoms with Gasteiger partial charge in [0.15, 0.2) is 15.8 Å². The molecule has 0 aliphatic carbocycles. The Morgan fingerprint density at radius 1 is 1.48 bits per heavy atom. The zero-order chi connectivity index (χ0) is 17.6. The van der Waals surface area contributed by atoms with Crippen LogP contribution in [0, 0.1) is 0 Å². The molecule has 0 spiro atoms. The molecular weight excluding hydrogens is 455 g/mol. The van der Waals surface area contributed by atoms with Crippen LogP contribution >= 0.6 is 24.0 Å². The lowest BCUT2D eigenvalue weighted by Gasteiger charge is -2.20. The molecule has 1 saturated heterocycles. The Balaban J connectivity index is 0.00000312. The predicted molar refractivity (Wildman–Crippen MR) is 110 cm³/mol. The Morgan fingerprint density at radius 2 is 2.24 bits per heavy atom. The molecule has 2 N–H and O–H groups in total. The summed E-state index contributed by atoms with van der Waals surface area (Å²) in [4.78, 5) is 4.60. The van der Waals surface area contributed by atoms with E-state index in [2.05, 4.69) is 39.7 Å². The third-order valence-electron chi connectivity index (χ3n) is 4.19. The molecule has 0 radical (unpaired) electrons. The molecule has 25 heavy (non-hydrogen) atoms. The van der Waals surface area contributed by atoms with E-state index in [1.54, 1.807) is 6.33 Å². The molecule has 1 fully saturated rings. The second kappa shape index (κ2) is 10.3. The summed E-state index contributed by atoms with van der Waals surface area (Å²) in [5, 5.41) is 14.6. The van der Waals surface area contributed by atoms with Crippen molar-refractivity contribution in [2.75, 3.05) is 18.1 Å². The van der Waals surface area contributed by atoms with Crippen molar-refractivity contribution in [1.29, 1.82) is 0 Å². The van der Waals surface area contributed by atoms with Crippen molar-refractivity contribution in [2.45, 2.75) is 58.7 Å². The van der Waals surface area contributed by atoms with Crippen LogP contribution in [0.5, 0.6) is 0 Å². The zero-order valence-electron chi connectivity index (χ0n) is 15.1. The van der Waals surface area contributed by atoms with Gasteiger partial charge in [-0.2, -0.15) is 0 Å². The van der Waals surface area contributed by atoms with Crippen LogP contribution in [0.2, 0.25) is 0 Å². The van der Waals surface area contributed by atoms with Crippen molar-refractivity contribution in [3.63, 3.8) is 0 Å². The van der Waals surface area contributed by atoms with E-state index < -0.39 is 9.84 Å². The number of nitrogens with one attached hydrogen (secondary N) is 2. The van der Waals surface area contributed by atoms with E-state index in [4.69, 9.17) is 0 Å². The van der Waals surface area contributed by atoms with Gasteiger partial charge in [0.1, 0.15) is 12.2 Å². The van der Waals surface area contributed by atoms with Gasteiger partial charge < -0.3 is 15.2 Å². The normalized spacial score (nSPS) is 20.8. The van der Waals surface area contributed by atoms with Crippen molar-refractivity contribution in [3.05, 3.63) is 12.2 Å². The van der Waals surface area contributed by atoms with Gasteiger partial charge in [0.2, 0.25) is 0 Å². The van der Waals surface area contributed by atoms with Crippen LogP contribution in [-0.4, -0.2) is 59.3 Å². The zero-order valence-corrected chi connectivity index (χ0v) is 18.3. The lowest BCUT2D eigenvalue weighted by atomic mass is 10.2. The average Bonchev–Trinajstić information content (AvgIpc) is 3.12. The molecule has 2 rings (SSSR count). The standard InChI is InChI=1S/C15H28N6O2S.HI/c1-4-12(3)18-15(19-13-6-9-24(22,23)10-13)16-7-8-21-11-17-20-14(21)5-2;/h11-13H,4-10H2,1-3H3,(H2,16,18,19);1H. The highest BCUT2D eigenvalue weighted by Crippen LogP contribution is 2.11. The summed E-state index contributed by atoms with van der Waals surface area (Å²) in [6.07, 6.45) is 4.15. The minimum absolute atomic E-state index is 0. The molecule has 144 valence electrons. The maximum atomic E-state index is 11.6. The summed E-state index contributed by atoms with van der Waals surface area (Å²) in [5.74, 6) is 2.05. The molecule has 2 unspecified atom stereocenters. The molecule has 1 aliphatic rings. The number of aryl methyl sites for hydroxylation is 1. The Kier molecular flexibility index (Phi) is 9.11. The van der Waals surface area contributed by atoms with Gasteiger partial charge in [0.05, 0.1) is 18.1 Å². The van der Waals surface area contributed by atoms with Crippen LogP contribution in [0.4, 0.5) is 0 Å². The predicted octanol–water partition coefficient (Wildman–Crippen LogP) is 0.979. The Morgan fingerprint density at radius 3 is 2.84 bits per heavy atom. The van der Waals surface area contributed by atoms with Gasteiger partial charge in [-0.05, 0) is 19.8 Å². The highest BCUT2D eigenvalue weighted by atomic mass is 127. The number of aromatic nitrogens is 3. The quantitative estimate of drug-likeness (QED) is 0.340. The van der Waals surface area contributed by atoms with E-state index in [1.807, 2.05) is 11.5 Å². The highest BCUT2D eigenvalue weighted by molar-refractivity contribution is 14.0. The van der Waals surface area contributed by atoms with E-state index >= 15 is 0 Å². The minimum atomic E-state index is -2.91. The van der Waals surface area contributed by atoms with Gasteiger partial charge in [0, 0.05) is 25.0 Å². The van der Waals surface area contributed by atoms with Crippen LogP contribution < -0.4 is 10.6 Å². The second-order valence-corrected chi connectivity index (χ2v) is 8.45. The molecule has 1 aromatic heterocycles. The third-order valence-corrected chi connectivity index (χ3v) is 5.96. The summed E-state index contributed by atoms with van der Waals surface area (Å²) in [6.45, 7) is 7.50. The molecule has 1 aromatic rings. The highest BCUT2D eigenvalue weighted by Gasteiger charge is 2.28. The van der Waals surface area contributed by atoms with Crippen molar-refractivity contribution < 1.29 is 8.42 Å². The summed E-state index contributed by atoms with van der Waals surface area (Å²) >= 11 is 0. The first-order valence-corrected chi connectivity index (χ1v) is 10.4. The topological polar surface area (TPSA) is 101 Å². The number of halogens is 1. The molecule has 1 aliphatic heterocycles. The first-order valence-electron chi connectivity index (χ1n) is 8.58. The molecule has 0 saturated carbocycles. The number of hydrogen-bond donors (Lipinski definition) is 2. The van der Waals surface area contributed by atoms with Gasteiger partial charge in [-0.15, -0.1) is 34.2 Å². The number of hydrogen-bond acceptors (Lipinski definition) is 5. The first kappa shape index (κ1) is 22.1. The molecule has 10 heteroatoms. The fourth-order valence-corrected chi connectivity index (χ4v) is 4.25. The number of guanidine groups is 1. The molecule has 0 bridgehead atoms. The summed E-state index contributed by atoms with van der Waals surface area (Å²) < 4.78 is 25.2. The molecule has 8 nitrogen and oxygen atoms in total. The first-order chi connectivity index (χ1) is 11.4. The van der Waals surface area contributed by atoms with Gasteiger partial charge in [-0.3, -0.25) is 4.99 Å². The fraction of sp³-hybridized carbons (Fsp3) is 0.800. The van der Waals surface area contributed by atoms with E-state index in [0.29, 0.717) is 25.5 Å². The van der Waals surface area contributed by atoms with E-state index in [9.17, 15) is 8.42 Å². The maximum absolute atomic E-state index is 11.6. The van der Waals surface area contributed by atoms with E-state index in [0.717, 1.165) is 18.7 Å². The molecule has 2 atom stereocenters. The number of nitrogens with zero attached hydrogens (tertiary/aromatic N) is 4. The van der Waals surface area contributed by atoms with Gasteiger partial charge in [-0.1, -0.05) is 13.8 Å². The van der Waals surface area contributed by atoms with Crippen LogP contribution in [0.3, 0.4) is 0 Å². The summed E-state index contributed by atoms with van der Waals surface area (Å²) in [7, 11) is -2.91. The minimum Gasteiger partial charge on any atom is -0.354 e. The smallest absolute Gasteiger partial charge is 0.191 e. The Bertz CT molecular complexity index is 661. The Labute approximate surface area is 167 Å². The van der Waals surface area contributed by atoms with Crippen LogP contribution in [-0.2, 0) is 22.8 Å². The lowest BCUT2D eigenvalue weighted by molar-refractivity contribution is 0.586. The SMILES string of the molecule is CCc1nncn1CCN=C(NC(C)CC)NC1CCS(=O)(=O)C1.I. The molecule has 0 amide bonds. The summed E-state index contributed by atoms with van der Waals surface area (Å²) in [6, 6.07) is 0.210. The monoisotopic (exact) mass is 484 g/mol. The lowest BCUT2D eigenvalue weighted by Crippen LogP contribution is -2.47. The summed E-state index contributed by atoms with van der Waals surface area (Å²) in [5.41, 5.74) is 0. The molecular formula is C15H29IN6O2S. The van der Waals surface area contributed by atoms with Crippen LogP contribution in [0.1, 0.15) is 39.4 Å². The van der Waals surface area contributed by atoms with Crippen molar-refractivity contribution in [2.24, 2.45) is 4.99 Å². The van der Waals surface area contributed by atoms with E-state index in [1.165, 1.54) is 0 Å². The second-order valence-electron chi connectivity index (χ2n) is 6.22. The van der Waals surface area contributed by atoms with Gasteiger partial charge in [-0.25, -0.2) is 8.42 Å². The van der Waals surface area contributed by atoms with Gasteiger partial charge in [0.25, 0.3) is 0 Å². The fourth-order valence-electron chi connectivity index (χ4n) is 2.58. The molecule has 0 aromatic carbocycles. The number of sulfone groups is 1. The van der Waals surface area contributed by atoms with Crippen molar-refractivity contribution >= 4 is 39.8 Å². The number of rotatable bonds is 7. The Hall–Kier alpha value is -0.910. The maximum Gasteiger partial charge on any atom is 0.191 e. The average molecular weight is 484 g/mol. The van der Waals surface area contributed by atoms with Crippen molar-refractivity contribution in [3.8, 4) is 0 Å². The number of aliphatic imine (C=N–C) groups is 1. The van der Waals surface area contributed by atoms with Crippen molar-refractivity contribution in [1.82, 2.24) is 25.4 Å². The van der Waals surface area contributed by atoms with E-state index in [-0.39, 0.29) is 47.6 Å². The largest absolute Gasteiger partial charge is 0.354 e.